The van der Waals surface area contributed by atoms with Crippen molar-refractivity contribution in [1.82, 2.24) is 19.9 Å². The third-order valence-corrected chi connectivity index (χ3v) is 19.5. The molecule has 2 saturated heterocycles. The van der Waals surface area contributed by atoms with Crippen LogP contribution in [0.1, 0.15) is 80.7 Å². The van der Waals surface area contributed by atoms with E-state index >= 15 is 8.78 Å². The number of methoxy groups -OCH3 is 1. The number of pyridine rings is 1. The number of ether oxygens (including phenoxy) is 2. The Balaban J connectivity index is 1.64. The highest BCUT2D eigenvalue weighted by molar-refractivity contribution is 7.90. The van der Waals surface area contributed by atoms with Crippen molar-refractivity contribution in [3.05, 3.63) is 47.7 Å². The summed E-state index contributed by atoms with van der Waals surface area (Å²) in [4.78, 5) is 29.4. The lowest BCUT2D eigenvalue weighted by Crippen LogP contribution is -2.68. The highest BCUT2D eigenvalue weighted by Gasteiger charge is 2.59. The second-order valence-electron chi connectivity index (χ2n) is 17.5. The van der Waals surface area contributed by atoms with E-state index in [0.29, 0.717) is 29.4 Å². The summed E-state index contributed by atoms with van der Waals surface area (Å²) in [6.45, 7) is 19.2. The van der Waals surface area contributed by atoms with Gasteiger partial charge in [-0.15, -0.1) is 5.54 Å². The summed E-state index contributed by atoms with van der Waals surface area (Å²) in [6.07, 6.45) is 2.52. The molecule has 57 heavy (non-hydrogen) atoms. The average Bonchev–Trinajstić information content (AvgIpc) is 3.38. The second kappa shape index (κ2) is 15.1. The molecule has 1 N–H and O–H groups in total. The molecule has 2 unspecified atom stereocenters. The highest BCUT2D eigenvalue weighted by Crippen LogP contribution is 2.51. The molecule has 2 aromatic heterocycles. The van der Waals surface area contributed by atoms with Gasteiger partial charge in [-0.2, -0.15) is 0 Å². The van der Waals surface area contributed by atoms with E-state index in [-0.39, 0.29) is 70.0 Å². The molecule has 15 heteroatoms. The summed E-state index contributed by atoms with van der Waals surface area (Å²) >= 11 is 0. The number of hydrogen-bond acceptors (Lipinski definition) is 9. The number of fused-ring (bicyclic) bond motifs is 4. The van der Waals surface area contributed by atoms with Gasteiger partial charge in [0.15, 0.2) is 12.6 Å². The van der Waals surface area contributed by atoms with Crippen molar-refractivity contribution in [2.24, 2.45) is 5.41 Å². The number of aromatic nitrogens is 3. The smallest absolute Gasteiger partial charge is 0.408 e. The van der Waals surface area contributed by atoms with Gasteiger partial charge in [-0.25, -0.2) is 32.0 Å². The van der Waals surface area contributed by atoms with Crippen LogP contribution in [0.5, 0.6) is 5.75 Å². The molecule has 2 aliphatic rings. The van der Waals surface area contributed by atoms with Crippen LogP contribution in [0.25, 0.3) is 32.9 Å². The average molecular weight is 822 g/mol. The molecule has 2 aromatic carbocycles. The molecular formula is C42H53F2N5O6SSi. The Morgan fingerprint density at radius 3 is 2.33 bits per heavy atom. The number of sulfone groups is 1. The zero-order chi connectivity index (χ0) is 42.0. The maximum Gasteiger partial charge on any atom is 0.408 e. The third kappa shape index (κ3) is 7.11. The predicted octanol–water partition coefficient (Wildman–Crippen LogP) is 8.83. The van der Waals surface area contributed by atoms with Crippen LogP contribution in [0.4, 0.5) is 19.4 Å². The van der Waals surface area contributed by atoms with Gasteiger partial charge >= 0.3 is 6.09 Å². The van der Waals surface area contributed by atoms with E-state index < -0.39 is 57.8 Å². The molecule has 0 spiro atoms. The lowest BCUT2D eigenvalue weighted by atomic mass is 9.71. The first-order valence-electron chi connectivity index (χ1n) is 19.3. The first-order chi connectivity index (χ1) is 26.6. The number of rotatable bonds is 9. The van der Waals surface area contributed by atoms with Crippen LogP contribution in [0.15, 0.2) is 35.6 Å². The minimum atomic E-state index is -4.07. The Bertz CT molecular complexity index is 2410. The van der Waals surface area contributed by atoms with Gasteiger partial charge < -0.3 is 19.5 Å². The Kier molecular flexibility index (Phi) is 11.2. The van der Waals surface area contributed by atoms with Crippen LogP contribution in [0.3, 0.4) is 0 Å². The normalized spacial score (nSPS) is 18.9. The summed E-state index contributed by atoms with van der Waals surface area (Å²) in [5.74, 6) is 2.19. The number of halogens is 2. The Labute approximate surface area is 335 Å². The molecule has 6 rings (SSSR count). The van der Waals surface area contributed by atoms with Crippen molar-refractivity contribution in [2.75, 3.05) is 38.1 Å². The Morgan fingerprint density at radius 2 is 1.75 bits per heavy atom. The molecule has 2 atom stereocenters. The molecule has 2 aliphatic heterocycles. The monoisotopic (exact) mass is 821 g/mol. The fraction of sp³-hybridized carbons (Fsp3) is 0.524. The Hall–Kier alpha value is -4.39. The van der Waals surface area contributed by atoms with E-state index in [1.54, 1.807) is 18.2 Å². The van der Waals surface area contributed by atoms with E-state index in [9.17, 15) is 18.3 Å². The molecule has 11 nitrogen and oxygen atoms in total. The first-order valence-corrected chi connectivity index (χ1v) is 23.5. The molecule has 0 aliphatic carbocycles. The van der Waals surface area contributed by atoms with Gasteiger partial charge in [0.2, 0.25) is 15.0 Å². The number of carbonyl (C=O) groups is 1. The van der Waals surface area contributed by atoms with E-state index in [1.807, 2.05) is 25.7 Å². The maximum absolute atomic E-state index is 17.5. The minimum Gasteiger partial charge on any atom is -0.468 e. The number of benzene rings is 2. The second-order valence-corrected chi connectivity index (χ2v) is 25.0. The number of nitrogens with zero attached hydrogens (tertiary/aromatic N) is 5. The minimum absolute atomic E-state index is 0.0976. The van der Waals surface area contributed by atoms with E-state index in [2.05, 4.69) is 68.0 Å². The van der Waals surface area contributed by atoms with Crippen molar-refractivity contribution in [1.29, 1.82) is 0 Å². The summed E-state index contributed by atoms with van der Waals surface area (Å²) in [7, 11) is -4.95. The van der Waals surface area contributed by atoms with E-state index in [0.717, 1.165) is 6.26 Å². The molecule has 306 valence electrons. The SMILES string of the molecule is COCOc1cc(-c2ncc3c(N4CC5CCC(C(C)(C)C)(C4)N5C(=O)O)nc(S(C)(=O)=O)nc3c2F)c2c(C#C[Si](C(C)C)(C(C)C)C(C)C)c(F)ccc2c1. The van der Waals surface area contributed by atoms with Crippen molar-refractivity contribution in [3.63, 3.8) is 0 Å². The fourth-order valence-corrected chi connectivity index (χ4v) is 15.3. The van der Waals surface area contributed by atoms with Gasteiger partial charge in [0, 0.05) is 43.6 Å². The summed E-state index contributed by atoms with van der Waals surface area (Å²) in [5.41, 5.74) is 2.85. The number of piperazine rings is 1. The topological polar surface area (TPSA) is 135 Å². The molecule has 0 radical (unpaired) electrons. The van der Waals surface area contributed by atoms with Gasteiger partial charge in [-0.1, -0.05) is 74.3 Å². The lowest BCUT2D eigenvalue weighted by molar-refractivity contribution is 0.00529. The van der Waals surface area contributed by atoms with Crippen molar-refractivity contribution < 1.29 is 36.6 Å². The summed E-state index contributed by atoms with van der Waals surface area (Å²) in [5, 5.41) is 10.7. The van der Waals surface area contributed by atoms with E-state index in [1.165, 1.54) is 24.3 Å². The molecule has 2 bridgehead atoms. The van der Waals surface area contributed by atoms with Gasteiger partial charge in [-0.3, -0.25) is 9.88 Å². The van der Waals surface area contributed by atoms with Crippen LogP contribution < -0.4 is 9.64 Å². The molecule has 4 heterocycles. The predicted molar refractivity (Wildman–Crippen MR) is 221 cm³/mol. The largest absolute Gasteiger partial charge is 0.468 e. The zero-order valence-corrected chi connectivity index (χ0v) is 36.4. The van der Waals surface area contributed by atoms with Crippen LogP contribution in [-0.4, -0.2) is 92.4 Å². The maximum atomic E-state index is 17.5. The van der Waals surface area contributed by atoms with Crippen LogP contribution in [0, 0.1) is 28.5 Å². The van der Waals surface area contributed by atoms with Gasteiger partial charge in [0.1, 0.15) is 36.7 Å². The molecule has 0 saturated carbocycles. The summed E-state index contributed by atoms with van der Waals surface area (Å²) in [6, 6.07) is 5.77. The number of amides is 1. The number of anilines is 1. The van der Waals surface area contributed by atoms with E-state index in [4.69, 9.17) is 9.47 Å². The van der Waals surface area contributed by atoms with Gasteiger partial charge in [-0.05, 0) is 58.5 Å². The third-order valence-electron chi connectivity index (χ3n) is 12.4. The standard InChI is InChI=1S/C42H53F2N5O6SSi/c1-24(2)57(25(3)4,26(5)6)17-15-30-33(43)13-12-27-18-29(55-23-54-10)19-31(34(27)30)36-35(44)37-32(20-45-36)38(47-39(46-37)56(11,52)53)48-21-28-14-16-42(22-48,41(7,8)9)49(28)40(50)51/h12-13,18-20,24-26,28H,14,16,21-23H2,1-11H3,(H,50,51). The van der Waals surface area contributed by atoms with Gasteiger partial charge in [0.25, 0.3) is 0 Å². The van der Waals surface area contributed by atoms with Crippen molar-refractivity contribution in [3.8, 4) is 28.5 Å². The first kappa shape index (κ1) is 42.2. The fourth-order valence-electron chi connectivity index (χ4n) is 9.59. The zero-order valence-electron chi connectivity index (χ0n) is 34.6. The number of carboxylic acid groups (broad SMARTS) is 1. The molecule has 4 aromatic rings. The van der Waals surface area contributed by atoms with Crippen LogP contribution in [0.2, 0.25) is 16.6 Å². The van der Waals surface area contributed by atoms with Crippen molar-refractivity contribution in [2.45, 2.75) is 109 Å². The molecule has 1 amide bonds. The quantitative estimate of drug-likeness (QED) is 0.0756. The highest BCUT2D eigenvalue weighted by atomic mass is 32.2. The molecule has 2 fully saturated rings. The molecular weight excluding hydrogens is 769 g/mol. The van der Waals surface area contributed by atoms with Crippen molar-refractivity contribution >= 4 is 51.5 Å². The Morgan fingerprint density at radius 1 is 1.09 bits per heavy atom. The summed E-state index contributed by atoms with van der Waals surface area (Å²) < 4.78 is 70.9. The lowest BCUT2D eigenvalue weighted by Gasteiger charge is -2.54. The van der Waals surface area contributed by atoms with Crippen LogP contribution >= 0.6 is 0 Å². The van der Waals surface area contributed by atoms with Crippen LogP contribution in [-0.2, 0) is 14.6 Å². The van der Waals surface area contributed by atoms with Gasteiger partial charge in [0.05, 0.1) is 22.5 Å². The number of hydrogen-bond donors (Lipinski definition) is 1.